The first-order valence-electron chi connectivity index (χ1n) is 29.0. The molecule has 73 heavy (non-hydrogen) atoms. The molecule has 3 N–H and O–H groups in total. The minimum absolute atomic E-state index is 0.0481. The van der Waals surface area contributed by atoms with Gasteiger partial charge in [-0.15, -0.1) is 0 Å². The number of phosphoric acid groups is 1. The number of hydrogen-bond donors (Lipinski definition) is 2. The Morgan fingerprint density at radius 3 is 1.14 bits per heavy atom. The Hall–Kier alpha value is -3.59. The standard InChI is InChI=1S/C63H106NO8P/c1-3-5-7-9-11-13-15-16-17-18-19-20-21-22-23-24-25-26-27-28-29-30-31-32-33-34-35-36-37-38-39-40-41-42-43-44-46-48-50-52-54-56-63(66)72-61(60-71-73(67,68)70-58-57-64)59-69-62(65)55-53-51-49-47-45-14-12-10-8-6-4-2/h5,7,10-13,16-17,19-20,22-23,25-26,28-29,31-32,34-35,61H,3-4,6,8-9,14-15,18,21,24,27,30,33,36-60,64H2,1-2H3,(H,67,68)/b7-5-,12-10-,13-11-,17-16-,20-19-,23-22-,26-25-,29-28-,32-31-,35-34-. The van der Waals surface area contributed by atoms with E-state index in [1.54, 1.807) is 0 Å². The number of esters is 2. The third-order valence-corrected chi connectivity index (χ3v) is 12.8. The Kier molecular flexibility index (Phi) is 54.8. The van der Waals surface area contributed by atoms with Crippen molar-refractivity contribution in [2.75, 3.05) is 26.4 Å². The molecule has 10 heteroatoms. The van der Waals surface area contributed by atoms with Crippen molar-refractivity contribution in [2.45, 2.75) is 238 Å². The predicted octanol–water partition coefficient (Wildman–Crippen LogP) is 18.4. The Morgan fingerprint density at radius 2 is 0.753 bits per heavy atom. The summed E-state index contributed by atoms with van der Waals surface area (Å²) in [5.41, 5.74) is 5.36. The minimum Gasteiger partial charge on any atom is -0.462 e. The van der Waals surface area contributed by atoms with Crippen LogP contribution in [0.5, 0.6) is 0 Å². The maximum absolute atomic E-state index is 12.7. The molecule has 0 saturated heterocycles. The van der Waals surface area contributed by atoms with Crippen molar-refractivity contribution in [3.05, 3.63) is 122 Å². The summed E-state index contributed by atoms with van der Waals surface area (Å²) in [4.78, 5) is 35.0. The number of nitrogens with two attached hydrogens (primary N) is 1. The number of unbranched alkanes of at least 4 members (excludes halogenated alkanes) is 20. The quantitative estimate of drug-likeness (QED) is 0.0264. The third kappa shape index (κ3) is 57.5. The van der Waals surface area contributed by atoms with Gasteiger partial charge >= 0.3 is 19.8 Å². The van der Waals surface area contributed by atoms with Gasteiger partial charge in [-0.05, 0) is 103 Å². The minimum atomic E-state index is -4.39. The molecule has 0 amide bonds. The number of carbonyl (C=O) groups is 2. The van der Waals surface area contributed by atoms with Crippen molar-refractivity contribution in [2.24, 2.45) is 5.73 Å². The number of allylic oxidation sites excluding steroid dienone is 20. The summed E-state index contributed by atoms with van der Waals surface area (Å²) in [6, 6.07) is 0. The predicted molar refractivity (Wildman–Crippen MR) is 311 cm³/mol. The molecule has 0 aliphatic heterocycles. The van der Waals surface area contributed by atoms with Gasteiger partial charge in [0.25, 0.3) is 0 Å². The van der Waals surface area contributed by atoms with E-state index in [1.165, 1.54) is 77.0 Å². The first-order valence-corrected chi connectivity index (χ1v) is 30.5. The first-order chi connectivity index (χ1) is 35.8. The molecule has 0 spiro atoms. The molecular formula is C63H106NO8P. The van der Waals surface area contributed by atoms with E-state index in [0.29, 0.717) is 6.42 Å². The Morgan fingerprint density at radius 1 is 0.425 bits per heavy atom. The second-order valence-corrected chi connectivity index (χ2v) is 20.2. The van der Waals surface area contributed by atoms with E-state index < -0.39 is 32.5 Å². The second kappa shape index (κ2) is 57.7. The van der Waals surface area contributed by atoms with Gasteiger partial charge in [0.15, 0.2) is 6.10 Å². The largest absolute Gasteiger partial charge is 0.472 e. The fourth-order valence-electron chi connectivity index (χ4n) is 7.55. The van der Waals surface area contributed by atoms with Crippen molar-refractivity contribution in [3.8, 4) is 0 Å². The SMILES string of the molecule is CC/C=C\C/C=C\C/C=C\C/C=C\C/C=C\C/C=C\C/C=C\C/C=C\C/C=C\CCCCCCCCCCCCCCCC(=O)OC(COC(=O)CCCCCCC/C=C\CCCC)COP(=O)(O)OCCN. The zero-order valence-electron chi connectivity index (χ0n) is 46.3. The lowest BCUT2D eigenvalue weighted by molar-refractivity contribution is -0.161. The van der Waals surface area contributed by atoms with Gasteiger partial charge in [-0.1, -0.05) is 238 Å². The van der Waals surface area contributed by atoms with Crippen molar-refractivity contribution >= 4 is 19.8 Å². The smallest absolute Gasteiger partial charge is 0.462 e. The normalized spacial score (nSPS) is 14.0. The van der Waals surface area contributed by atoms with E-state index in [-0.39, 0.29) is 32.6 Å². The lowest BCUT2D eigenvalue weighted by atomic mass is 10.0. The molecular weight excluding hydrogens is 930 g/mol. The second-order valence-electron chi connectivity index (χ2n) is 18.8. The molecule has 0 aliphatic rings. The Bertz CT molecular complexity index is 1600. The van der Waals surface area contributed by atoms with Crippen molar-refractivity contribution in [3.63, 3.8) is 0 Å². The lowest BCUT2D eigenvalue weighted by Gasteiger charge is -2.19. The molecule has 0 aromatic rings. The van der Waals surface area contributed by atoms with E-state index in [9.17, 15) is 19.0 Å². The van der Waals surface area contributed by atoms with Gasteiger partial charge in [0.2, 0.25) is 0 Å². The molecule has 0 heterocycles. The fraction of sp³-hybridized carbons (Fsp3) is 0.651. The molecule has 2 unspecified atom stereocenters. The number of ether oxygens (including phenoxy) is 2. The van der Waals surface area contributed by atoms with E-state index >= 15 is 0 Å². The van der Waals surface area contributed by atoms with Crippen LogP contribution in [0.4, 0.5) is 0 Å². The number of phosphoric ester groups is 1. The molecule has 0 bridgehead atoms. The molecule has 9 nitrogen and oxygen atoms in total. The van der Waals surface area contributed by atoms with Gasteiger partial charge in [-0.2, -0.15) is 0 Å². The van der Waals surface area contributed by atoms with E-state index in [2.05, 4.69) is 135 Å². The zero-order valence-corrected chi connectivity index (χ0v) is 47.2. The summed E-state index contributed by atoms with van der Waals surface area (Å²) >= 11 is 0. The van der Waals surface area contributed by atoms with Crippen molar-refractivity contribution in [1.29, 1.82) is 0 Å². The van der Waals surface area contributed by atoms with E-state index in [1.807, 2.05) is 0 Å². The molecule has 0 rings (SSSR count). The van der Waals surface area contributed by atoms with Crippen molar-refractivity contribution in [1.82, 2.24) is 0 Å². The summed E-state index contributed by atoms with van der Waals surface area (Å²) in [5, 5.41) is 0. The average Bonchev–Trinajstić information content (AvgIpc) is 3.38. The lowest BCUT2D eigenvalue weighted by Crippen LogP contribution is -2.29. The van der Waals surface area contributed by atoms with Gasteiger partial charge in [-0.3, -0.25) is 18.6 Å². The van der Waals surface area contributed by atoms with Crippen LogP contribution in [0.25, 0.3) is 0 Å². The highest BCUT2D eigenvalue weighted by Crippen LogP contribution is 2.43. The van der Waals surface area contributed by atoms with E-state index in [4.69, 9.17) is 24.3 Å². The van der Waals surface area contributed by atoms with E-state index in [0.717, 1.165) is 122 Å². The molecule has 0 radical (unpaired) electrons. The molecule has 0 aromatic carbocycles. The highest BCUT2D eigenvalue weighted by Gasteiger charge is 2.26. The van der Waals surface area contributed by atoms with Crippen LogP contribution in [0.15, 0.2) is 122 Å². The number of carbonyl (C=O) groups excluding carboxylic acids is 2. The maximum atomic E-state index is 12.7. The van der Waals surface area contributed by atoms with Crippen LogP contribution in [0.1, 0.15) is 232 Å². The average molecular weight is 1040 g/mol. The summed E-state index contributed by atoms with van der Waals surface area (Å²) < 4.78 is 32.9. The molecule has 416 valence electrons. The summed E-state index contributed by atoms with van der Waals surface area (Å²) in [6.45, 7) is 3.56. The van der Waals surface area contributed by atoms with Gasteiger partial charge in [0, 0.05) is 19.4 Å². The van der Waals surface area contributed by atoms with Gasteiger partial charge in [0.1, 0.15) is 6.61 Å². The van der Waals surface area contributed by atoms with Gasteiger partial charge < -0.3 is 20.1 Å². The van der Waals surface area contributed by atoms with Crippen LogP contribution in [0, 0.1) is 0 Å². The van der Waals surface area contributed by atoms with Crippen LogP contribution in [0.3, 0.4) is 0 Å². The molecule has 0 aromatic heterocycles. The molecule has 0 fully saturated rings. The molecule has 0 aliphatic carbocycles. The first kappa shape index (κ1) is 69.4. The maximum Gasteiger partial charge on any atom is 0.472 e. The van der Waals surface area contributed by atoms with Gasteiger partial charge in [0.05, 0.1) is 13.2 Å². The zero-order chi connectivity index (χ0) is 53.1. The molecule has 0 saturated carbocycles. The Balaban J connectivity index is 3.88. The summed E-state index contributed by atoms with van der Waals surface area (Å²) in [6.07, 6.45) is 79.9. The topological polar surface area (TPSA) is 134 Å². The van der Waals surface area contributed by atoms with Crippen LogP contribution in [-0.4, -0.2) is 49.3 Å². The summed E-state index contributed by atoms with van der Waals surface area (Å²) in [5.74, 6) is -0.845. The van der Waals surface area contributed by atoms with Crippen LogP contribution in [0.2, 0.25) is 0 Å². The van der Waals surface area contributed by atoms with Gasteiger partial charge in [-0.25, -0.2) is 4.57 Å². The van der Waals surface area contributed by atoms with Crippen LogP contribution >= 0.6 is 7.82 Å². The van der Waals surface area contributed by atoms with Crippen LogP contribution < -0.4 is 5.73 Å². The Labute approximate surface area is 447 Å². The molecule has 2 atom stereocenters. The number of hydrogen-bond acceptors (Lipinski definition) is 8. The van der Waals surface area contributed by atoms with Crippen molar-refractivity contribution < 1.29 is 37.6 Å². The van der Waals surface area contributed by atoms with Crippen LogP contribution in [-0.2, 0) is 32.7 Å². The number of rotatable bonds is 53. The third-order valence-electron chi connectivity index (χ3n) is 11.8. The summed E-state index contributed by atoms with van der Waals surface area (Å²) in [7, 11) is -4.39. The highest BCUT2D eigenvalue weighted by molar-refractivity contribution is 7.47. The fourth-order valence-corrected chi connectivity index (χ4v) is 8.32. The monoisotopic (exact) mass is 1040 g/mol. The highest BCUT2D eigenvalue weighted by atomic mass is 31.2.